The van der Waals surface area contributed by atoms with Gasteiger partial charge in [0.2, 0.25) is 5.13 Å². The summed E-state index contributed by atoms with van der Waals surface area (Å²) in [4.78, 5) is 18.4. The van der Waals surface area contributed by atoms with Crippen molar-refractivity contribution in [2.24, 2.45) is 0 Å². The van der Waals surface area contributed by atoms with E-state index < -0.39 is 0 Å². The molecular formula is C24H19N5OS3. The lowest BCUT2D eigenvalue weighted by atomic mass is 10.1. The van der Waals surface area contributed by atoms with E-state index >= 15 is 0 Å². The Bertz CT molecular complexity index is 1330. The fourth-order valence-electron chi connectivity index (χ4n) is 2.84. The van der Waals surface area contributed by atoms with Crippen molar-refractivity contribution in [3.63, 3.8) is 0 Å². The van der Waals surface area contributed by atoms with Gasteiger partial charge in [0.05, 0.1) is 17.2 Å². The van der Waals surface area contributed by atoms with Crippen LogP contribution in [0.3, 0.4) is 0 Å². The molecule has 0 aliphatic carbocycles. The fourth-order valence-corrected chi connectivity index (χ4v) is 5.52. The fraction of sp³-hybridized carbons (Fsp3) is 0.125. The molecule has 0 saturated heterocycles. The number of pyridine rings is 1. The second-order valence-electron chi connectivity index (χ2n) is 7.13. The highest BCUT2D eigenvalue weighted by atomic mass is 32.2. The van der Waals surface area contributed by atoms with Gasteiger partial charge in [-0.05, 0) is 66.9 Å². The average molecular weight is 490 g/mol. The van der Waals surface area contributed by atoms with Gasteiger partial charge in [0.1, 0.15) is 5.03 Å². The van der Waals surface area contributed by atoms with Crippen LogP contribution in [0.25, 0.3) is 0 Å². The van der Waals surface area contributed by atoms with Gasteiger partial charge in [0.25, 0.3) is 5.91 Å². The van der Waals surface area contributed by atoms with Crippen molar-refractivity contribution in [1.29, 1.82) is 5.26 Å². The number of thioether (sulfide) groups is 1. The maximum absolute atomic E-state index is 12.9. The van der Waals surface area contributed by atoms with Crippen molar-refractivity contribution in [2.45, 2.75) is 33.9 Å². The minimum Gasteiger partial charge on any atom is -0.296 e. The van der Waals surface area contributed by atoms with Crippen LogP contribution >= 0.6 is 34.9 Å². The Hall–Kier alpha value is -3.19. The number of nitrogens with zero attached hydrogens (tertiary/aromatic N) is 4. The quantitative estimate of drug-likeness (QED) is 0.247. The van der Waals surface area contributed by atoms with Gasteiger partial charge in [0, 0.05) is 16.8 Å². The second kappa shape index (κ2) is 10.6. The number of anilines is 1. The van der Waals surface area contributed by atoms with Crippen LogP contribution in [0.5, 0.6) is 0 Å². The normalized spacial score (nSPS) is 10.6. The highest BCUT2D eigenvalue weighted by Crippen LogP contribution is 2.32. The van der Waals surface area contributed by atoms with Gasteiger partial charge in [-0.1, -0.05) is 53.1 Å². The molecule has 1 N–H and O–H groups in total. The van der Waals surface area contributed by atoms with Crippen molar-refractivity contribution in [3.05, 3.63) is 88.6 Å². The number of nitrogens with one attached hydrogen (secondary N) is 1. The summed E-state index contributed by atoms with van der Waals surface area (Å²) in [6.45, 7) is 4.14. The summed E-state index contributed by atoms with van der Waals surface area (Å²) >= 11 is 4.32. The van der Waals surface area contributed by atoms with Gasteiger partial charge < -0.3 is 0 Å². The maximum atomic E-state index is 12.9. The summed E-state index contributed by atoms with van der Waals surface area (Å²) in [7, 11) is 0. The lowest BCUT2D eigenvalue weighted by Crippen LogP contribution is -2.13. The number of nitriles is 1. The van der Waals surface area contributed by atoms with Crippen LogP contribution in [0.2, 0.25) is 0 Å². The molecule has 4 rings (SSSR count). The van der Waals surface area contributed by atoms with Gasteiger partial charge in [-0.25, -0.2) is 4.98 Å². The Balaban J connectivity index is 1.41. The molecule has 1 amide bonds. The summed E-state index contributed by atoms with van der Waals surface area (Å²) in [6, 6.07) is 19.2. The molecule has 0 radical (unpaired) electrons. The van der Waals surface area contributed by atoms with Gasteiger partial charge in [-0.3, -0.25) is 10.1 Å². The van der Waals surface area contributed by atoms with Crippen LogP contribution < -0.4 is 5.32 Å². The summed E-state index contributed by atoms with van der Waals surface area (Å²) < 4.78 is 0.755. The maximum Gasteiger partial charge on any atom is 0.260 e. The zero-order chi connectivity index (χ0) is 23.2. The third-order valence-electron chi connectivity index (χ3n) is 4.78. The van der Waals surface area contributed by atoms with Crippen LogP contribution in [0.4, 0.5) is 5.13 Å². The Labute approximate surface area is 204 Å². The molecule has 2 aromatic heterocycles. The lowest BCUT2D eigenvalue weighted by Gasteiger charge is -2.08. The van der Waals surface area contributed by atoms with E-state index in [1.807, 2.05) is 18.2 Å². The minimum atomic E-state index is -0.269. The molecule has 0 unspecified atom stereocenters. The van der Waals surface area contributed by atoms with Gasteiger partial charge in [0.15, 0.2) is 4.34 Å². The van der Waals surface area contributed by atoms with Crippen LogP contribution in [0.15, 0.2) is 75.1 Å². The highest BCUT2D eigenvalue weighted by Gasteiger charge is 2.16. The topological polar surface area (TPSA) is 91.6 Å². The standard InChI is InChI=1S/C24H19N5OS3/c1-15-5-10-19(12-16(15)2)32-22-20(4-3-11-26-22)21(30)27-23-28-29-24(33-23)31-14-18-8-6-17(13-25)7-9-18/h3-12H,14H2,1-2H3,(H,27,28,30). The Kier molecular flexibility index (Phi) is 7.40. The predicted molar refractivity (Wildman–Crippen MR) is 133 cm³/mol. The first-order valence-corrected chi connectivity index (χ1v) is 12.6. The molecule has 9 heteroatoms. The lowest BCUT2D eigenvalue weighted by molar-refractivity contribution is 0.102. The zero-order valence-corrected chi connectivity index (χ0v) is 20.4. The van der Waals surface area contributed by atoms with Crippen LogP contribution in [-0.2, 0) is 5.75 Å². The van der Waals surface area contributed by atoms with Gasteiger partial charge in [-0.15, -0.1) is 10.2 Å². The molecule has 6 nitrogen and oxygen atoms in total. The number of rotatable bonds is 7. The molecule has 0 spiro atoms. The molecule has 2 heterocycles. The van der Waals surface area contributed by atoms with E-state index in [-0.39, 0.29) is 5.91 Å². The van der Waals surface area contributed by atoms with Crippen LogP contribution in [0, 0.1) is 25.2 Å². The second-order valence-corrected chi connectivity index (χ2v) is 10.4. The molecule has 33 heavy (non-hydrogen) atoms. The first-order chi connectivity index (χ1) is 16.0. The first kappa shape index (κ1) is 23.0. The van der Waals surface area contributed by atoms with Crippen molar-refractivity contribution in [1.82, 2.24) is 15.2 Å². The van der Waals surface area contributed by atoms with Crippen molar-refractivity contribution < 1.29 is 4.79 Å². The molecular weight excluding hydrogens is 470 g/mol. The monoisotopic (exact) mass is 489 g/mol. The zero-order valence-electron chi connectivity index (χ0n) is 17.9. The molecule has 0 aliphatic rings. The van der Waals surface area contributed by atoms with E-state index in [2.05, 4.69) is 52.5 Å². The van der Waals surface area contributed by atoms with E-state index in [1.165, 1.54) is 46.0 Å². The number of carbonyl (C=O) groups excluding carboxylic acids is 1. The first-order valence-electron chi connectivity index (χ1n) is 9.98. The van der Waals surface area contributed by atoms with E-state index in [0.717, 1.165) is 14.8 Å². The van der Waals surface area contributed by atoms with Crippen LogP contribution in [0.1, 0.15) is 32.6 Å². The van der Waals surface area contributed by atoms with Crippen LogP contribution in [-0.4, -0.2) is 21.1 Å². The number of hydrogen-bond donors (Lipinski definition) is 1. The minimum absolute atomic E-state index is 0.269. The Morgan fingerprint density at radius 2 is 1.91 bits per heavy atom. The van der Waals surface area contributed by atoms with Crippen molar-refractivity contribution in [2.75, 3.05) is 5.32 Å². The molecule has 4 aromatic rings. The van der Waals surface area contributed by atoms with E-state index in [0.29, 0.717) is 27.0 Å². The van der Waals surface area contributed by atoms with Gasteiger partial charge >= 0.3 is 0 Å². The van der Waals surface area contributed by atoms with E-state index in [4.69, 9.17) is 5.26 Å². The molecule has 0 saturated carbocycles. The van der Waals surface area contributed by atoms with E-state index in [9.17, 15) is 4.79 Å². The number of benzene rings is 2. The number of carbonyl (C=O) groups is 1. The summed E-state index contributed by atoms with van der Waals surface area (Å²) in [5.74, 6) is 0.433. The predicted octanol–water partition coefficient (Wildman–Crippen LogP) is 6.12. The third kappa shape index (κ3) is 5.99. The summed E-state index contributed by atoms with van der Waals surface area (Å²) in [5.41, 5.74) is 4.63. The van der Waals surface area contributed by atoms with Gasteiger partial charge in [-0.2, -0.15) is 5.26 Å². The molecule has 0 fully saturated rings. The third-order valence-corrected chi connectivity index (χ3v) is 7.83. The Morgan fingerprint density at radius 3 is 2.67 bits per heavy atom. The van der Waals surface area contributed by atoms with E-state index in [1.54, 1.807) is 30.5 Å². The molecule has 164 valence electrons. The SMILES string of the molecule is Cc1ccc(Sc2ncccc2C(=O)Nc2nnc(SCc3ccc(C#N)cc3)s2)cc1C. The smallest absolute Gasteiger partial charge is 0.260 e. The molecule has 2 aromatic carbocycles. The Morgan fingerprint density at radius 1 is 1.09 bits per heavy atom. The number of aryl methyl sites for hydroxylation is 2. The molecule has 0 atom stereocenters. The summed E-state index contributed by atoms with van der Waals surface area (Å²) in [5, 5.41) is 21.1. The number of amides is 1. The summed E-state index contributed by atoms with van der Waals surface area (Å²) in [6.07, 6.45) is 1.68. The van der Waals surface area contributed by atoms with Crippen molar-refractivity contribution >= 4 is 45.9 Å². The molecule has 0 bridgehead atoms. The van der Waals surface area contributed by atoms with Crippen molar-refractivity contribution in [3.8, 4) is 6.07 Å². The molecule has 0 aliphatic heterocycles. The largest absolute Gasteiger partial charge is 0.296 e. The number of aromatic nitrogens is 3. The highest BCUT2D eigenvalue weighted by molar-refractivity contribution is 8.00. The number of hydrogen-bond acceptors (Lipinski definition) is 8. The average Bonchev–Trinajstić information content (AvgIpc) is 3.28.